The van der Waals surface area contributed by atoms with E-state index in [2.05, 4.69) is 31.2 Å². The molecule has 0 saturated heterocycles. The molecule has 2 rings (SSSR count). The van der Waals surface area contributed by atoms with Crippen molar-refractivity contribution >= 4 is 0 Å². The molecule has 0 aliphatic carbocycles. The summed E-state index contributed by atoms with van der Waals surface area (Å²) in [6.45, 7) is 4.10. The number of hydrogen-bond acceptors (Lipinski definition) is 2. The lowest BCUT2D eigenvalue weighted by Crippen LogP contribution is -2.15. The van der Waals surface area contributed by atoms with E-state index >= 15 is 0 Å². The van der Waals surface area contributed by atoms with Gasteiger partial charge in [0.15, 0.2) is 0 Å². The molecule has 1 aromatic carbocycles. The van der Waals surface area contributed by atoms with Crippen molar-refractivity contribution in [2.75, 3.05) is 0 Å². The van der Waals surface area contributed by atoms with E-state index in [4.69, 9.17) is 10.2 Å². The van der Waals surface area contributed by atoms with Gasteiger partial charge < -0.3 is 10.2 Å². The normalized spacial score (nSPS) is 12.6. The van der Waals surface area contributed by atoms with Crippen LogP contribution < -0.4 is 5.73 Å². The van der Waals surface area contributed by atoms with Crippen molar-refractivity contribution in [1.29, 1.82) is 0 Å². The largest absolute Gasteiger partial charge is 0.461 e. The molecule has 0 unspecified atom stereocenters. The van der Waals surface area contributed by atoms with Gasteiger partial charge in [-0.15, -0.1) is 0 Å². The Morgan fingerprint density at radius 1 is 1.12 bits per heavy atom. The Labute approximate surface area is 102 Å². The van der Waals surface area contributed by atoms with E-state index in [1.165, 1.54) is 5.56 Å². The summed E-state index contributed by atoms with van der Waals surface area (Å²) in [4.78, 5) is 0. The van der Waals surface area contributed by atoms with Gasteiger partial charge in [0, 0.05) is 18.0 Å². The summed E-state index contributed by atoms with van der Waals surface area (Å²) < 4.78 is 5.80. The van der Waals surface area contributed by atoms with Gasteiger partial charge in [0.1, 0.15) is 11.5 Å². The highest BCUT2D eigenvalue weighted by atomic mass is 16.3. The zero-order valence-corrected chi connectivity index (χ0v) is 10.4. The minimum Gasteiger partial charge on any atom is -0.461 e. The Hall–Kier alpha value is -1.54. The molecule has 90 valence electrons. The molecule has 2 nitrogen and oxygen atoms in total. The SMILES string of the molecule is Cc1ccc(-c2ccc(CC[C@@H](C)N)o2)cc1. The van der Waals surface area contributed by atoms with Crippen molar-refractivity contribution in [3.05, 3.63) is 47.7 Å². The van der Waals surface area contributed by atoms with E-state index in [0.29, 0.717) is 0 Å². The zero-order chi connectivity index (χ0) is 12.3. The van der Waals surface area contributed by atoms with E-state index in [-0.39, 0.29) is 6.04 Å². The Bertz CT molecular complexity index is 468. The highest BCUT2D eigenvalue weighted by Crippen LogP contribution is 2.23. The first-order chi connectivity index (χ1) is 8.15. The van der Waals surface area contributed by atoms with Gasteiger partial charge in [-0.25, -0.2) is 0 Å². The summed E-state index contributed by atoms with van der Waals surface area (Å²) >= 11 is 0. The molecule has 0 amide bonds. The molecule has 0 spiro atoms. The minimum atomic E-state index is 0.225. The van der Waals surface area contributed by atoms with Crippen LogP contribution in [0.25, 0.3) is 11.3 Å². The number of aryl methyl sites for hydroxylation is 2. The van der Waals surface area contributed by atoms with Crippen LogP contribution in [0.15, 0.2) is 40.8 Å². The molecule has 1 aromatic heterocycles. The lowest BCUT2D eigenvalue weighted by molar-refractivity contribution is 0.501. The van der Waals surface area contributed by atoms with Gasteiger partial charge in [0.05, 0.1) is 0 Å². The Balaban J connectivity index is 2.10. The molecule has 0 saturated carbocycles. The molecular weight excluding hydrogens is 210 g/mol. The van der Waals surface area contributed by atoms with Crippen LogP contribution in [0.2, 0.25) is 0 Å². The lowest BCUT2D eigenvalue weighted by Gasteiger charge is -2.02. The third kappa shape index (κ3) is 3.21. The molecular formula is C15H19NO. The standard InChI is InChI=1S/C15H19NO/c1-11-3-6-13(7-4-11)15-10-9-14(17-15)8-5-12(2)16/h3-4,6-7,9-10,12H,5,8,16H2,1-2H3/t12-/m1/s1. The summed E-state index contributed by atoms with van der Waals surface area (Å²) in [5, 5.41) is 0. The minimum absolute atomic E-state index is 0.225. The van der Waals surface area contributed by atoms with Gasteiger partial charge >= 0.3 is 0 Å². The summed E-state index contributed by atoms with van der Waals surface area (Å²) in [5.74, 6) is 1.95. The van der Waals surface area contributed by atoms with Gasteiger partial charge in [-0.3, -0.25) is 0 Å². The Morgan fingerprint density at radius 3 is 2.47 bits per heavy atom. The highest BCUT2D eigenvalue weighted by Gasteiger charge is 2.05. The molecule has 2 N–H and O–H groups in total. The maximum Gasteiger partial charge on any atom is 0.134 e. The van der Waals surface area contributed by atoms with Crippen LogP contribution in [-0.2, 0) is 6.42 Å². The van der Waals surface area contributed by atoms with Crippen LogP contribution >= 0.6 is 0 Å². The van der Waals surface area contributed by atoms with E-state index in [9.17, 15) is 0 Å². The molecule has 17 heavy (non-hydrogen) atoms. The predicted molar refractivity (Wildman–Crippen MR) is 70.9 cm³/mol. The van der Waals surface area contributed by atoms with Crippen molar-refractivity contribution < 1.29 is 4.42 Å². The monoisotopic (exact) mass is 229 g/mol. The fourth-order valence-corrected chi connectivity index (χ4v) is 1.76. The first-order valence-corrected chi connectivity index (χ1v) is 6.06. The third-order valence-electron chi connectivity index (χ3n) is 2.84. The summed E-state index contributed by atoms with van der Waals surface area (Å²) in [7, 11) is 0. The number of hydrogen-bond donors (Lipinski definition) is 1. The van der Waals surface area contributed by atoms with Gasteiger partial charge in [-0.1, -0.05) is 29.8 Å². The number of nitrogens with two attached hydrogens (primary N) is 1. The topological polar surface area (TPSA) is 39.2 Å². The lowest BCUT2D eigenvalue weighted by atomic mass is 10.1. The first kappa shape index (κ1) is 11.9. The average Bonchev–Trinajstić information content (AvgIpc) is 2.76. The Morgan fingerprint density at radius 2 is 1.82 bits per heavy atom. The average molecular weight is 229 g/mol. The van der Waals surface area contributed by atoms with Gasteiger partial charge in [-0.05, 0) is 32.4 Å². The third-order valence-corrected chi connectivity index (χ3v) is 2.84. The first-order valence-electron chi connectivity index (χ1n) is 6.06. The maximum atomic E-state index is 5.80. The van der Waals surface area contributed by atoms with Gasteiger partial charge in [0.2, 0.25) is 0 Å². The molecule has 0 bridgehead atoms. The quantitative estimate of drug-likeness (QED) is 0.871. The molecule has 1 atom stereocenters. The second-order valence-corrected chi connectivity index (χ2v) is 4.65. The Kier molecular flexibility index (Phi) is 3.64. The molecule has 2 heteroatoms. The van der Waals surface area contributed by atoms with Crippen LogP contribution in [0.1, 0.15) is 24.7 Å². The van der Waals surface area contributed by atoms with E-state index < -0.39 is 0 Å². The fraction of sp³-hybridized carbons (Fsp3) is 0.333. The summed E-state index contributed by atoms with van der Waals surface area (Å²) in [6.07, 6.45) is 1.87. The van der Waals surface area contributed by atoms with Crippen molar-refractivity contribution in [2.24, 2.45) is 5.73 Å². The van der Waals surface area contributed by atoms with E-state index in [0.717, 1.165) is 29.9 Å². The number of furan rings is 1. The molecule has 0 aliphatic rings. The molecule has 1 heterocycles. The van der Waals surface area contributed by atoms with Gasteiger partial charge in [-0.2, -0.15) is 0 Å². The smallest absolute Gasteiger partial charge is 0.134 e. The van der Waals surface area contributed by atoms with Crippen LogP contribution in [0.4, 0.5) is 0 Å². The molecule has 0 fully saturated rings. The van der Waals surface area contributed by atoms with Crippen molar-refractivity contribution in [3.63, 3.8) is 0 Å². The molecule has 0 aliphatic heterocycles. The molecule has 2 aromatic rings. The summed E-state index contributed by atoms with van der Waals surface area (Å²) in [5.41, 5.74) is 8.12. The van der Waals surface area contributed by atoms with E-state index in [1.807, 2.05) is 19.1 Å². The van der Waals surface area contributed by atoms with Crippen LogP contribution in [-0.4, -0.2) is 6.04 Å². The fourth-order valence-electron chi connectivity index (χ4n) is 1.76. The zero-order valence-electron chi connectivity index (χ0n) is 10.4. The summed E-state index contributed by atoms with van der Waals surface area (Å²) in [6, 6.07) is 12.7. The number of benzene rings is 1. The number of rotatable bonds is 4. The van der Waals surface area contributed by atoms with Crippen molar-refractivity contribution in [3.8, 4) is 11.3 Å². The second kappa shape index (κ2) is 5.19. The van der Waals surface area contributed by atoms with Crippen LogP contribution in [0.3, 0.4) is 0 Å². The predicted octanol–water partition coefficient (Wildman–Crippen LogP) is 3.53. The maximum absolute atomic E-state index is 5.80. The van der Waals surface area contributed by atoms with Gasteiger partial charge in [0.25, 0.3) is 0 Å². The van der Waals surface area contributed by atoms with Crippen molar-refractivity contribution in [2.45, 2.75) is 32.7 Å². The highest BCUT2D eigenvalue weighted by molar-refractivity contribution is 5.57. The van der Waals surface area contributed by atoms with Crippen LogP contribution in [0, 0.1) is 6.92 Å². The van der Waals surface area contributed by atoms with E-state index in [1.54, 1.807) is 0 Å². The second-order valence-electron chi connectivity index (χ2n) is 4.65. The molecule has 0 radical (unpaired) electrons. The van der Waals surface area contributed by atoms with Crippen LogP contribution in [0.5, 0.6) is 0 Å². The van der Waals surface area contributed by atoms with Crippen molar-refractivity contribution in [1.82, 2.24) is 0 Å².